The molecule has 3 aliphatic rings. The van der Waals surface area contributed by atoms with Crippen LogP contribution in [-0.4, -0.2) is 71.9 Å². The van der Waals surface area contributed by atoms with Crippen LogP contribution in [-0.2, 0) is 30.0 Å². The molecule has 5 rings (SSSR count). The van der Waals surface area contributed by atoms with Gasteiger partial charge >= 0.3 is 19.9 Å². The number of hydrogen-bond acceptors (Lipinski definition) is 11. The molecule has 2 amide bonds. The summed E-state index contributed by atoms with van der Waals surface area (Å²) in [6.07, 6.45) is 4.28. The van der Waals surface area contributed by atoms with Crippen molar-refractivity contribution >= 4 is 31.5 Å². The minimum Gasteiger partial charge on any atom is -0.505 e. The molecule has 2 aromatic carbocycles. The molecule has 15 nitrogen and oxygen atoms in total. The van der Waals surface area contributed by atoms with E-state index in [1.54, 1.807) is 12.1 Å². The lowest BCUT2D eigenvalue weighted by atomic mass is 9.55. The fraction of sp³-hybridized carbons (Fsp3) is 0.531. The monoisotopic (exact) mass is 691 g/mol. The second-order valence-corrected chi connectivity index (χ2v) is 13.8. The van der Waals surface area contributed by atoms with E-state index in [0.717, 1.165) is 44.1 Å². The summed E-state index contributed by atoms with van der Waals surface area (Å²) >= 11 is 0. The van der Waals surface area contributed by atoms with Gasteiger partial charge in [0.05, 0.1) is 25.5 Å². The van der Waals surface area contributed by atoms with Crippen molar-refractivity contribution < 1.29 is 57.3 Å². The Morgan fingerprint density at radius 2 is 1.81 bits per heavy atom. The Labute approximate surface area is 277 Å². The fourth-order valence-corrected chi connectivity index (χ4v) is 8.13. The van der Waals surface area contributed by atoms with Gasteiger partial charge < -0.3 is 45.4 Å². The molecule has 5 unspecified atom stereocenters. The van der Waals surface area contributed by atoms with Crippen LogP contribution in [0.25, 0.3) is 0 Å². The molecule has 0 aromatic heterocycles. The van der Waals surface area contributed by atoms with Crippen molar-refractivity contribution in [3.63, 3.8) is 0 Å². The number of phenols is 1. The first-order valence-corrected chi connectivity index (χ1v) is 17.4. The van der Waals surface area contributed by atoms with E-state index in [1.165, 1.54) is 17.7 Å². The Bertz CT molecular complexity index is 1580. The number of nitrogens with two attached hydrogens (primary N) is 2. The fourth-order valence-electron chi connectivity index (χ4n) is 7.74. The first-order valence-electron chi connectivity index (χ1n) is 15.9. The Morgan fingerprint density at radius 3 is 2.56 bits per heavy atom. The summed E-state index contributed by atoms with van der Waals surface area (Å²) in [5.74, 6) is -0.874. The van der Waals surface area contributed by atoms with Crippen LogP contribution in [0.1, 0.15) is 66.4 Å². The summed E-state index contributed by atoms with van der Waals surface area (Å²) in [4.78, 5) is 54.7. The molecule has 0 saturated heterocycles. The second-order valence-electron chi connectivity index (χ2n) is 12.7. The lowest BCUT2D eigenvalue weighted by Crippen LogP contribution is -2.45. The molecular formula is C32H42N3O12P. The lowest BCUT2D eigenvalue weighted by molar-refractivity contribution is -0.163. The minimum absolute atomic E-state index is 0.0780. The van der Waals surface area contributed by atoms with Crippen LogP contribution in [0.5, 0.6) is 17.2 Å². The van der Waals surface area contributed by atoms with Gasteiger partial charge in [-0.2, -0.15) is 0 Å². The number of carbonyl (C=O) groups excluding carboxylic acids is 3. The van der Waals surface area contributed by atoms with Crippen LogP contribution in [0.15, 0.2) is 30.3 Å². The van der Waals surface area contributed by atoms with E-state index in [-0.39, 0.29) is 61.7 Å². The van der Waals surface area contributed by atoms with Gasteiger partial charge in [-0.15, -0.1) is 0 Å². The van der Waals surface area contributed by atoms with Crippen molar-refractivity contribution in [3.05, 3.63) is 47.0 Å². The number of nitrogens with one attached hydrogen (secondary N) is 1. The average Bonchev–Trinajstić information content (AvgIpc) is 3.34. The SMILES string of the molecule is CC12CCC3c4ccc(OP(=O)(O)O)cc4CCC3C1CCC2OC(=O)COCCOCCNC(=O)Oc1ccc(N)c(O)c1C(N)=O. The normalized spacial score (nSPS) is 24.5. The standard InChI is InChI=1S/C32H42N3O12P/c1-32-11-10-21-20-5-3-19(47-48(40,41)42)16-18(20)2-4-22(21)23(32)6-9-26(32)46-27(36)17-44-15-14-43-13-12-35-31(39)45-25-8-7-24(33)29(37)28(25)30(34)38/h3,5,7-8,16,21-23,26,37H,2,4,6,9-15,17,33H2,1H3,(H2,34,38)(H,35,39)(H2,40,41,42). The van der Waals surface area contributed by atoms with E-state index in [0.29, 0.717) is 17.8 Å². The van der Waals surface area contributed by atoms with Crippen molar-refractivity contribution in [1.29, 1.82) is 0 Å². The molecule has 5 atom stereocenters. The molecule has 2 saturated carbocycles. The molecular weight excluding hydrogens is 649 g/mol. The molecule has 2 aromatic rings. The smallest absolute Gasteiger partial charge is 0.505 e. The number of esters is 1. The van der Waals surface area contributed by atoms with Gasteiger partial charge in [-0.1, -0.05) is 13.0 Å². The van der Waals surface area contributed by atoms with Crippen molar-refractivity contribution in [3.8, 4) is 17.2 Å². The van der Waals surface area contributed by atoms with Gasteiger partial charge in [0.1, 0.15) is 29.8 Å². The van der Waals surface area contributed by atoms with Crippen molar-refractivity contribution in [2.75, 3.05) is 38.7 Å². The number of carbonyl (C=O) groups is 3. The number of anilines is 1. The highest BCUT2D eigenvalue weighted by Gasteiger charge is 2.56. The zero-order chi connectivity index (χ0) is 34.6. The highest BCUT2D eigenvalue weighted by Crippen LogP contribution is 2.61. The van der Waals surface area contributed by atoms with Crippen LogP contribution in [0.3, 0.4) is 0 Å². The molecule has 2 fully saturated rings. The Morgan fingerprint density at radius 1 is 1.04 bits per heavy atom. The summed E-state index contributed by atoms with van der Waals surface area (Å²) in [6, 6.07) is 7.83. The van der Waals surface area contributed by atoms with E-state index >= 15 is 0 Å². The first-order chi connectivity index (χ1) is 22.8. The Kier molecular flexibility index (Phi) is 10.9. The van der Waals surface area contributed by atoms with Crippen LogP contribution in [0.2, 0.25) is 0 Å². The molecule has 262 valence electrons. The third kappa shape index (κ3) is 8.04. The topological polar surface area (TPSA) is 239 Å². The van der Waals surface area contributed by atoms with Gasteiger partial charge in [0, 0.05) is 12.0 Å². The molecule has 0 spiro atoms. The van der Waals surface area contributed by atoms with Crippen LogP contribution < -0.4 is 26.0 Å². The second kappa shape index (κ2) is 14.7. The van der Waals surface area contributed by atoms with E-state index < -0.39 is 37.1 Å². The maximum absolute atomic E-state index is 12.7. The molecule has 48 heavy (non-hydrogen) atoms. The molecule has 3 aliphatic carbocycles. The minimum atomic E-state index is -4.62. The molecule has 16 heteroatoms. The van der Waals surface area contributed by atoms with Crippen molar-refractivity contribution in [2.24, 2.45) is 23.0 Å². The molecule has 0 heterocycles. The van der Waals surface area contributed by atoms with Gasteiger partial charge in [0.25, 0.3) is 5.91 Å². The van der Waals surface area contributed by atoms with E-state index in [4.69, 9.17) is 44.7 Å². The number of hydrogen-bond donors (Lipinski definition) is 6. The number of aryl methyl sites for hydroxylation is 1. The number of benzene rings is 2. The van der Waals surface area contributed by atoms with Crippen molar-refractivity contribution in [2.45, 2.75) is 57.5 Å². The highest BCUT2D eigenvalue weighted by molar-refractivity contribution is 7.46. The van der Waals surface area contributed by atoms with Gasteiger partial charge in [-0.25, -0.2) is 14.2 Å². The number of primary amides is 1. The summed E-state index contributed by atoms with van der Waals surface area (Å²) in [7, 11) is -4.62. The van der Waals surface area contributed by atoms with Crippen LogP contribution in [0, 0.1) is 17.3 Å². The summed E-state index contributed by atoms with van der Waals surface area (Å²) in [5.41, 5.74) is 12.4. The molecule has 0 aliphatic heterocycles. The summed E-state index contributed by atoms with van der Waals surface area (Å²) in [5, 5.41) is 12.4. The number of aromatic hydroxyl groups is 1. The Balaban J connectivity index is 0.994. The van der Waals surface area contributed by atoms with E-state index in [1.807, 2.05) is 6.07 Å². The maximum Gasteiger partial charge on any atom is 0.524 e. The maximum atomic E-state index is 12.7. The third-order valence-corrected chi connectivity index (χ3v) is 10.3. The zero-order valence-electron chi connectivity index (χ0n) is 26.6. The number of fused-ring (bicyclic) bond motifs is 5. The molecule has 0 radical (unpaired) electrons. The third-order valence-electron chi connectivity index (χ3n) is 9.84. The zero-order valence-corrected chi connectivity index (χ0v) is 27.5. The molecule has 8 N–H and O–H groups in total. The lowest BCUT2D eigenvalue weighted by Gasteiger charge is -2.50. The predicted octanol–water partition coefficient (Wildman–Crippen LogP) is 3.13. The number of rotatable bonds is 13. The van der Waals surface area contributed by atoms with Crippen LogP contribution >= 0.6 is 7.82 Å². The Hall–Kier alpha value is -3.88. The van der Waals surface area contributed by atoms with Crippen molar-refractivity contribution in [1.82, 2.24) is 5.32 Å². The largest absolute Gasteiger partial charge is 0.524 e. The summed E-state index contributed by atoms with van der Waals surface area (Å²) < 4.78 is 37.9. The number of phosphoric acid groups is 1. The predicted molar refractivity (Wildman–Crippen MR) is 170 cm³/mol. The number of ether oxygens (including phenoxy) is 4. The number of phosphoric ester groups is 1. The van der Waals surface area contributed by atoms with Crippen LogP contribution in [0.4, 0.5) is 10.5 Å². The van der Waals surface area contributed by atoms with Gasteiger partial charge in [-0.05, 0) is 91.7 Å². The average molecular weight is 692 g/mol. The highest BCUT2D eigenvalue weighted by atomic mass is 31.2. The molecule has 0 bridgehead atoms. The summed E-state index contributed by atoms with van der Waals surface area (Å²) in [6.45, 7) is 2.52. The van der Waals surface area contributed by atoms with Gasteiger partial charge in [0.2, 0.25) is 0 Å². The van der Waals surface area contributed by atoms with Gasteiger partial charge in [0.15, 0.2) is 5.75 Å². The van der Waals surface area contributed by atoms with E-state index in [9.17, 15) is 24.1 Å². The number of amides is 2. The van der Waals surface area contributed by atoms with Gasteiger partial charge in [-0.3, -0.25) is 14.6 Å². The quantitative estimate of drug-likeness (QED) is 0.0583. The van der Waals surface area contributed by atoms with E-state index in [2.05, 4.69) is 12.2 Å². The first kappa shape index (κ1) is 35.4. The number of nitrogen functional groups attached to an aromatic ring is 1.